The van der Waals surface area contributed by atoms with Gasteiger partial charge in [0, 0.05) is 37.4 Å². The summed E-state index contributed by atoms with van der Waals surface area (Å²) in [5, 5.41) is 6.90. The molecule has 0 radical (unpaired) electrons. The monoisotopic (exact) mass is 377 g/mol. The standard InChI is InChI=1S/C19H21Cl2N3O/c20-16-4-3-5-17(21)19(16)23-18(25)10-11-22-14-6-8-15(9-7-14)24-12-1-2-13-24/h3-9,22H,1-2,10-13H2,(H,23,25). The van der Waals surface area contributed by atoms with E-state index in [1.165, 1.54) is 18.5 Å². The smallest absolute Gasteiger partial charge is 0.226 e. The number of amides is 1. The molecule has 2 aromatic rings. The molecule has 0 spiro atoms. The first-order valence-corrected chi connectivity index (χ1v) is 9.22. The molecular formula is C19H21Cl2N3O. The molecule has 2 N–H and O–H groups in total. The lowest BCUT2D eigenvalue weighted by atomic mass is 10.2. The van der Waals surface area contributed by atoms with E-state index in [4.69, 9.17) is 23.2 Å². The van der Waals surface area contributed by atoms with Crippen molar-refractivity contribution < 1.29 is 4.79 Å². The van der Waals surface area contributed by atoms with Gasteiger partial charge in [-0.2, -0.15) is 0 Å². The van der Waals surface area contributed by atoms with Crippen molar-refractivity contribution in [2.75, 3.05) is 35.2 Å². The molecule has 1 heterocycles. The third-order valence-corrected chi connectivity index (χ3v) is 4.88. The van der Waals surface area contributed by atoms with E-state index in [0.29, 0.717) is 28.7 Å². The molecule has 1 amide bonds. The summed E-state index contributed by atoms with van der Waals surface area (Å²) in [7, 11) is 0. The molecule has 0 bridgehead atoms. The van der Waals surface area contributed by atoms with Crippen molar-refractivity contribution in [3.63, 3.8) is 0 Å². The molecule has 0 unspecified atom stereocenters. The highest BCUT2D eigenvalue weighted by molar-refractivity contribution is 6.39. The molecule has 0 saturated carbocycles. The summed E-state index contributed by atoms with van der Waals surface area (Å²) in [6.07, 6.45) is 2.87. The zero-order valence-electron chi connectivity index (χ0n) is 13.9. The van der Waals surface area contributed by atoms with Gasteiger partial charge >= 0.3 is 0 Å². The first kappa shape index (κ1) is 17.9. The Hall–Kier alpha value is -1.91. The van der Waals surface area contributed by atoms with Crippen LogP contribution in [0.1, 0.15) is 19.3 Å². The van der Waals surface area contributed by atoms with Crippen molar-refractivity contribution in [3.8, 4) is 0 Å². The zero-order chi connectivity index (χ0) is 17.6. The van der Waals surface area contributed by atoms with Crippen LogP contribution in [0.5, 0.6) is 0 Å². The van der Waals surface area contributed by atoms with Gasteiger partial charge < -0.3 is 15.5 Å². The van der Waals surface area contributed by atoms with Gasteiger partial charge in [0.25, 0.3) is 0 Å². The van der Waals surface area contributed by atoms with Gasteiger partial charge in [0.2, 0.25) is 5.91 Å². The van der Waals surface area contributed by atoms with Crippen molar-refractivity contribution in [3.05, 3.63) is 52.5 Å². The first-order valence-electron chi connectivity index (χ1n) is 8.46. The summed E-state index contributed by atoms with van der Waals surface area (Å²) >= 11 is 12.1. The van der Waals surface area contributed by atoms with E-state index in [9.17, 15) is 4.79 Å². The zero-order valence-corrected chi connectivity index (χ0v) is 15.4. The highest BCUT2D eigenvalue weighted by Gasteiger charge is 2.12. The predicted octanol–water partition coefficient (Wildman–Crippen LogP) is 5.03. The Bertz CT molecular complexity index is 708. The summed E-state index contributed by atoms with van der Waals surface area (Å²) in [5.74, 6) is -0.129. The fourth-order valence-electron chi connectivity index (χ4n) is 2.90. The number of rotatable bonds is 6. The minimum absolute atomic E-state index is 0.129. The molecule has 4 nitrogen and oxygen atoms in total. The molecule has 1 fully saturated rings. The van der Waals surface area contributed by atoms with E-state index < -0.39 is 0 Å². The van der Waals surface area contributed by atoms with Crippen molar-refractivity contribution in [2.45, 2.75) is 19.3 Å². The van der Waals surface area contributed by atoms with Crippen LogP contribution in [0, 0.1) is 0 Å². The van der Waals surface area contributed by atoms with Crippen molar-refractivity contribution in [1.29, 1.82) is 0 Å². The van der Waals surface area contributed by atoms with Crippen LogP contribution >= 0.6 is 23.2 Å². The second-order valence-corrected chi connectivity index (χ2v) is 6.88. The van der Waals surface area contributed by atoms with Crippen LogP contribution in [0.25, 0.3) is 0 Å². The minimum atomic E-state index is -0.129. The van der Waals surface area contributed by atoms with Gasteiger partial charge in [-0.05, 0) is 49.2 Å². The van der Waals surface area contributed by atoms with Crippen molar-refractivity contribution >= 4 is 46.2 Å². The summed E-state index contributed by atoms with van der Waals surface area (Å²) in [4.78, 5) is 14.5. The maximum Gasteiger partial charge on any atom is 0.226 e. The van der Waals surface area contributed by atoms with Gasteiger partial charge in [-0.15, -0.1) is 0 Å². The summed E-state index contributed by atoms with van der Waals surface area (Å²) in [6, 6.07) is 13.5. The van der Waals surface area contributed by atoms with Crippen LogP contribution < -0.4 is 15.5 Å². The third kappa shape index (κ3) is 4.80. The number of para-hydroxylation sites is 1. The van der Waals surface area contributed by atoms with Gasteiger partial charge in [-0.3, -0.25) is 4.79 Å². The van der Waals surface area contributed by atoms with Crippen LogP contribution in [0.2, 0.25) is 10.0 Å². The number of benzene rings is 2. The molecule has 1 aliphatic rings. The first-order chi connectivity index (χ1) is 12.1. The molecule has 0 atom stereocenters. The lowest BCUT2D eigenvalue weighted by molar-refractivity contribution is -0.115. The number of nitrogens with one attached hydrogen (secondary N) is 2. The SMILES string of the molecule is O=C(CCNc1ccc(N2CCCC2)cc1)Nc1c(Cl)cccc1Cl. The number of anilines is 3. The van der Waals surface area contributed by atoms with E-state index in [1.807, 2.05) is 0 Å². The summed E-state index contributed by atoms with van der Waals surface area (Å²) in [5.41, 5.74) is 2.73. The molecule has 0 aliphatic carbocycles. The van der Waals surface area contributed by atoms with Crippen molar-refractivity contribution in [2.24, 2.45) is 0 Å². The number of nitrogens with zero attached hydrogens (tertiary/aromatic N) is 1. The summed E-state index contributed by atoms with van der Waals surface area (Å²) < 4.78 is 0. The Labute approximate surface area is 158 Å². The maximum atomic E-state index is 12.1. The average Bonchev–Trinajstić information content (AvgIpc) is 3.13. The quantitative estimate of drug-likeness (QED) is 0.741. The molecular weight excluding hydrogens is 357 g/mol. The van der Waals surface area contributed by atoms with Crippen LogP contribution in [0.15, 0.2) is 42.5 Å². The molecule has 132 valence electrons. The minimum Gasteiger partial charge on any atom is -0.385 e. The fourth-order valence-corrected chi connectivity index (χ4v) is 3.40. The van der Waals surface area contributed by atoms with Crippen LogP contribution in [0.3, 0.4) is 0 Å². The van der Waals surface area contributed by atoms with Gasteiger partial charge in [-0.25, -0.2) is 0 Å². The van der Waals surface area contributed by atoms with E-state index in [1.54, 1.807) is 18.2 Å². The van der Waals surface area contributed by atoms with Gasteiger partial charge in [0.1, 0.15) is 0 Å². The molecule has 3 rings (SSSR count). The predicted molar refractivity (Wildman–Crippen MR) is 106 cm³/mol. The second kappa shape index (κ2) is 8.45. The largest absolute Gasteiger partial charge is 0.385 e. The van der Waals surface area contributed by atoms with E-state index >= 15 is 0 Å². The number of hydrogen-bond acceptors (Lipinski definition) is 3. The van der Waals surface area contributed by atoms with Crippen LogP contribution in [-0.4, -0.2) is 25.5 Å². The number of halogens is 2. The molecule has 0 aromatic heterocycles. The molecule has 6 heteroatoms. The lowest BCUT2D eigenvalue weighted by Gasteiger charge is -2.18. The fraction of sp³-hybridized carbons (Fsp3) is 0.316. The Morgan fingerprint density at radius 1 is 1.00 bits per heavy atom. The second-order valence-electron chi connectivity index (χ2n) is 6.06. The van der Waals surface area contributed by atoms with Gasteiger partial charge in [0.05, 0.1) is 15.7 Å². The molecule has 1 aliphatic heterocycles. The van der Waals surface area contributed by atoms with Gasteiger partial charge in [-0.1, -0.05) is 29.3 Å². The highest BCUT2D eigenvalue weighted by Crippen LogP contribution is 2.29. The third-order valence-electron chi connectivity index (χ3n) is 4.25. The average molecular weight is 378 g/mol. The van der Waals surface area contributed by atoms with Crippen LogP contribution in [-0.2, 0) is 4.79 Å². The maximum absolute atomic E-state index is 12.1. The Kier molecular flexibility index (Phi) is 6.05. The summed E-state index contributed by atoms with van der Waals surface area (Å²) in [6.45, 7) is 2.81. The van der Waals surface area contributed by atoms with E-state index in [2.05, 4.69) is 39.8 Å². The van der Waals surface area contributed by atoms with E-state index in [0.717, 1.165) is 18.8 Å². The van der Waals surface area contributed by atoms with E-state index in [-0.39, 0.29) is 5.91 Å². The number of carbonyl (C=O) groups is 1. The van der Waals surface area contributed by atoms with Crippen LogP contribution in [0.4, 0.5) is 17.1 Å². The van der Waals surface area contributed by atoms with Gasteiger partial charge in [0.15, 0.2) is 0 Å². The number of carbonyl (C=O) groups excluding carboxylic acids is 1. The number of hydrogen-bond donors (Lipinski definition) is 2. The molecule has 25 heavy (non-hydrogen) atoms. The lowest BCUT2D eigenvalue weighted by Crippen LogP contribution is -2.18. The topological polar surface area (TPSA) is 44.4 Å². The molecule has 1 saturated heterocycles. The highest BCUT2D eigenvalue weighted by atomic mass is 35.5. The Morgan fingerprint density at radius 2 is 1.64 bits per heavy atom. The molecule has 2 aromatic carbocycles. The van der Waals surface area contributed by atoms with Crippen molar-refractivity contribution in [1.82, 2.24) is 0 Å². The Morgan fingerprint density at radius 3 is 2.28 bits per heavy atom. The Balaban J connectivity index is 1.46. The normalized spacial score (nSPS) is 13.8.